The first kappa shape index (κ1) is 17.2. The van der Waals surface area contributed by atoms with Crippen molar-refractivity contribution in [3.05, 3.63) is 52.7 Å². The lowest BCUT2D eigenvalue weighted by atomic mass is 9.99. The number of hydrogen-bond donors (Lipinski definition) is 0. The number of rotatable bonds is 1. The minimum absolute atomic E-state index is 0.0122. The smallest absolute Gasteiger partial charge is 0.256 e. The Morgan fingerprint density at radius 2 is 1.48 bits per heavy atom. The molecule has 2 aromatic rings. The molecule has 0 saturated carbocycles. The fourth-order valence-corrected chi connectivity index (χ4v) is 1.96. The fourth-order valence-electron chi connectivity index (χ4n) is 1.96. The lowest BCUT2D eigenvalue weighted by Crippen LogP contribution is -2.18. The highest BCUT2D eigenvalue weighted by Gasteiger charge is 2.45. The molecule has 0 aliphatic rings. The van der Waals surface area contributed by atoms with Crippen LogP contribution >= 0.6 is 0 Å². The average Bonchev–Trinajstić information content (AvgIpc) is 2.35. The number of halogens is 8. The van der Waals surface area contributed by atoms with Gasteiger partial charge in [0.25, 0.3) is 0 Å². The van der Waals surface area contributed by atoms with E-state index in [0.717, 1.165) is 12.3 Å². The van der Waals surface area contributed by atoms with E-state index in [4.69, 9.17) is 0 Å². The number of aromatic nitrogens is 1. The summed E-state index contributed by atoms with van der Waals surface area (Å²) in [5.74, 6) is -4.83. The van der Waals surface area contributed by atoms with Crippen molar-refractivity contribution in [1.29, 1.82) is 0 Å². The third-order valence-electron chi connectivity index (χ3n) is 2.98. The minimum Gasteiger partial charge on any atom is -0.256 e. The van der Waals surface area contributed by atoms with Gasteiger partial charge in [0.2, 0.25) is 0 Å². The molecule has 23 heavy (non-hydrogen) atoms. The second kappa shape index (κ2) is 5.47. The molecular weight excluding hydrogens is 334 g/mol. The summed E-state index contributed by atoms with van der Waals surface area (Å²) in [7, 11) is 0. The molecule has 1 aromatic heterocycles. The maximum Gasteiger partial charge on any atom is 0.422 e. The third kappa shape index (κ3) is 3.27. The largest absolute Gasteiger partial charge is 0.422 e. The van der Waals surface area contributed by atoms with Crippen molar-refractivity contribution in [2.45, 2.75) is 19.3 Å². The van der Waals surface area contributed by atoms with E-state index in [1.165, 1.54) is 13.0 Å². The van der Waals surface area contributed by atoms with Crippen LogP contribution in [0.2, 0.25) is 0 Å². The van der Waals surface area contributed by atoms with E-state index in [1.54, 1.807) is 0 Å². The standard InChI is InChI=1S/C14H7F8N/c1-6-2-3-23-9(4-6)7-5-8(13(17,18)19)12(16)10(11(7)15)14(20,21)22/h2-5H,1H3. The van der Waals surface area contributed by atoms with Gasteiger partial charge in [-0.05, 0) is 30.7 Å². The van der Waals surface area contributed by atoms with Crippen molar-refractivity contribution < 1.29 is 35.1 Å². The van der Waals surface area contributed by atoms with E-state index < -0.39 is 46.4 Å². The number of hydrogen-bond acceptors (Lipinski definition) is 1. The van der Waals surface area contributed by atoms with Gasteiger partial charge < -0.3 is 0 Å². The summed E-state index contributed by atoms with van der Waals surface area (Å²) in [6.45, 7) is 1.49. The molecule has 2 rings (SSSR count). The number of alkyl halides is 6. The molecule has 0 radical (unpaired) electrons. The Labute approximate surface area is 124 Å². The van der Waals surface area contributed by atoms with Gasteiger partial charge in [-0.3, -0.25) is 4.98 Å². The van der Waals surface area contributed by atoms with Gasteiger partial charge in [-0.1, -0.05) is 0 Å². The molecule has 0 atom stereocenters. The van der Waals surface area contributed by atoms with Gasteiger partial charge in [-0.15, -0.1) is 0 Å². The van der Waals surface area contributed by atoms with Crippen molar-refractivity contribution in [3.8, 4) is 11.3 Å². The molecule has 0 saturated heterocycles. The van der Waals surface area contributed by atoms with Crippen LogP contribution in [0.25, 0.3) is 11.3 Å². The Hall–Kier alpha value is -2.19. The van der Waals surface area contributed by atoms with Crippen LogP contribution in [-0.4, -0.2) is 4.98 Å². The van der Waals surface area contributed by atoms with E-state index in [2.05, 4.69) is 4.98 Å². The Bertz CT molecular complexity index is 746. The van der Waals surface area contributed by atoms with Crippen molar-refractivity contribution in [1.82, 2.24) is 4.98 Å². The van der Waals surface area contributed by atoms with E-state index >= 15 is 0 Å². The quantitative estimate of drug-likeness (QED) is 0.635. The molecule has 0 amide bonds. The number of nitrogens with zero attached hydrogens (tertiary/aromatic N) is 1. The highest BCUT2D eigenvalue weighted by Crippen LogP contribution is 2.43. The summed E-state index contributed by atoms with van der Waals surface area (Å²) < 4.78 is 104. The fraction of sp³-hybridized carbons (Fsp3) is 0.214. The van der Waals surface area contributed by atoms with Crippen molar-refractivity contribution in [3.63, 3.8) is 0 Å². The summed E-state index contributed by atoms with van der Waals surface area (Å²) in [4.78, 5) is 3.55. The zero-order valence-corrected chi connectivity index (χ0v) is 11.3. The molecule has 9 heteroatoms. The van der Waals surface area contributed by atoms with Crippen LogP contribution < -0.4 is 0 Å². The van der Waals surface area contributed by atoms with Crippen molar-refractivity contribution in [2.75, 3.05) is 0 Å². The maximum absolute atomic E-state index is 14.0. The van der Waals surface area contributed by atoms with Gasteiger partial charge in [-0.25, -0.2) is 8.78 Å². The predicted molar refractivity (Wildman–Crippen MR) is 64.3 cm³/mol. The molecule has 0 aliphatic carbocycles. The van der Waals surface area contributed by atoms with Gasteiger partial charge in [0.05, 0.1) is 11.3 Å². The molecule has 0 N–H and O–H groups in total. The van der Waals surface area contributed by atoms with E-state index in [1.807, 2.05) is 0 Å². The van der Waals surface area contributed by atoms with Crippen LogP contribution in [0.15, 0.2) is 24.4 Å². The lowest BCUT2D eigenvalue weighted by molar-refractivity contribution is -0.149. The SMILES string of the molecule is Cc1ccnc(-c2cc(C(F)(F)F)c(F)c(C(F)(F)F)c2F)c1. The molecule has 0 aliphatic heterocycles. The van der Waals surface area contributed by atoms with Crippen molar-refractivity contribution >= 4 is 0 Å². The van der Waals surface area contributed by atoms with Crippen LogP contribution in [0.1, 0.15) is 16.7 Å². The molecule has 0 fully saturated rings. The molecule has 0 spiro atoms. The third-order valence-corrected chi connectivity index (χ3v) is 2.98. The first-order valence-corrected chi connectivity index (χ1v) is 6.02. The van der Waals surface area contributed by atoms with Crippen LogP contribution in [0, 0.1) is 18.6 Å². The summed E-state index contributed by atoms with van der Waals surface area (Å²) in [6.07, 6.45) is -9.96. The Kier molecular flexibility index (Phi) is 4.08. The highest BCUT2D eigenvalue weighted by atomic mass is 19.4. The van der Waals surface area contributed by atoms with Crippen LogP contribution in [-0.2, 0) is 12.4 Å². The molecule has 124 valence electrons. The lowest BCUT2D eigenvalue weighted by Gasteiger charge is -2.17. The monoisotopic (exact) mass is 341 g/mol. The summed E-state index contributed by atoms with van der Waals surface area (Å²) >= 11 is 0. The zero-order chi connectivity index (χ0) is 17.6. The van der Waals surface area contributed by atoms with Crippen LogP contribution in [0.4, 0.5) is 35.1 Å². The van der Waals surface area contributed by atoms with Crippen molar-refractivity contribution in [2.24, 2.45) is 0 Å². The van der Waals surface area contributed by atoms with E-state index in [0.29, 0.717) is 5.56 Å². The zero-order valence-electron chi connectivity index (χ0n) is 11.3. The Balaban J connectivity index is 2.88. The van der Waals surface area contributed by atoms with E-state index in [-0.39, 0.29) is 6.07 Å². The highest BCUT2D eigenvalue weighted by molar-refractivity contribution is 5.64. The number of pyridine rings is 1. The topological polar surface area (TPSA) is 12.9 Å². The number of aryl methyl sites for hydroxylation is 1. The molecule has 0 unspecified atom stereocenters. The normalized spacial score (nSPS) is 12.6. The van der Waals surface area contributed by atoms with E-state index in [9.17, 15) is 35.1 Å². The predicted octanol–water partition coefficient (Wildman–Crippen LogP) is 5.37. The maximum atomic E-state index is 14.0. The molecule has 1 aromatic carbocycles. The Morgan fingerprint density at radius 3 is 1.96 bits per heavy atom. The van der Waals surface area contributed by atoms with Gasteiger partial charge in [-0.2, -0.15) is 26.3 Å². The van der Waals surface area contributed by atoms with Crippen LogP contribution in [0.5, 0.6) is 0 Å². The minimum atomic E-state index is -5.63. The molecule has 1 heterocycles. The first-order chi connectivity index (χ1) is 10.4. The van der Waals surface area contributed by atoms with Gasteiger partial charge >= 0.3 is 12.4 Å². The summed E-state index contributed by atoms with van der Waals surface area (Å²) in [5, 5.41) is 0. The molecular formula is C14H7F8N. The van der Waals surface area contributed by atoms with Gasteiger partial charge in [0.1, 0.15) is 11.4 Å². The van der Waals surface area contributed by atoms with Crippen LogP contribution in [0.3, 0.4) is 0 Å². The summed E-state index contributed by atoms with van der Waals surface area (Å²) in [5.41, 5.74) is -5.90. The number of benzene rings is 1. The second-order valence-electron chi connectivity index (χ2n) is 4.69. The van der Waals surface area contributed by atoms with Gasteiger partial charge in [0, 0.05) is 11.8 Å². The summed E-state index contributed by atoms with van der Waals surface area (Å²) in [6, 6.07) is 2.50. The molecule has 0 bridgehead atoms. The van der Waals surface area contributed by atoms with Gasteiger partial charge in [0.15, 0.2) is 5.82 Å². The Morgan fingerprint density at radius 1 is 0.870 bits per heavy atom. The first-order valence-electron chi connectivity index (χ1n) is 6.02. The molecule has 1 nitrogen and oxygen atoms in total. The average molecular weight is 341 g/mol. The second-order valence-corrected chi connectivity index (χ2v) is 4.69.